The monoisotopic (exact) mass is 194 g/mol. The zero-order valence-corrected chi connectivity index (χ0v) is 9.12. The summed E-state index contributed by atoms with van der Waals surface area (Å²) in [5, 5.41) is 7.46. The molecule has 1 aromatic heterocycles. The van der Waals surface area contributed by atoms with Gasteiger partial charge in [0.15, 0.2) is 0 Å². The molecule has 1 aliphatic rings. The van der Waals surface area contributed by atoms with Gasteiger partial charge < -0.3 is 10.2 Å². The van der Waals surface area contributed by atoms with Gasteiger partial charge in [-0.05, 0) is 20.0 Å². The van der Waals surface area contributed by atoms with Gasteiger partial charge in [-0.2, -0.15) is 5.10 Å². The van der Waals surface area contributed by atoms with Crippen LogP contribution in [0.1, 0.15) is 18.0 Å². The smallest absolute Gasteiger partial charge is 0.148 e. The quantitative estimate of drug-likeness (QED) is 0.758. The number of likely N-dealkylation sites (N-methyl/N-ethyl adjacent to an activating group) is 1. The fourth-order valence-corrected chi connectivity index (χ4v) is 2.16. The van der Waals surface area contributed by atoms with Gasteiger partial charge in [-0.1, -0.05) is 0 Å². The Kier molecular flexibility index (Phi) is 2.46. The molecule has 78 valence electrons. The minimum Gasteiger partial charge on any atom is -0.372 e. The summed E-state index contributed by atoms with van der Waals surface area (Å²) in [6, 6.07) is 2.16. The summed E-state index contributed by atoms with van der Waals surface area (Å²) in [4.78, 5) is 2.37. The Morgan fingerprint density at radius 1 is 1.50 bits per heavy atom. The second-order valence-corrected chi connectivity index (χ2v) is 4.08. The van der Waals surface area contributed by atoms with Crippen molar-refractivity contribution in [3.63, 3.8) is 0 Å². The Morgan fingerprint density at radius 3 is 2.79 bits per heavy atom. The van der Waals surface area contributed by atoms with E-state index in [1.54, 1.807) is 0 Å². The maximum Gasteiger partial charge on any atom is 0.148 e. The van der Waals surface area contributed by atoms with Crippen LogP contribution in [0.5, 0.6) is 0 Å². The van der Waals surface area contributed by atoms with Gasteiger partial charge in [-0.25, -0.2) is 0 Å². The van der Waals surface area contributed by atoms with Crippen LogP contribution in [0.25, 0.3) is 0 Å². The van der Waals surface area contributed by atoms with E-state index in [1.807, 2.05) is 18.8 Å². The molecule has 4 heteroatoms. The Hall–Kier alpha value is -1.03. The first kappa shape index (κ1) is 9.52. The maximum atomic E-state index is 4.39. The van der Waals surface area contributed by atoms with Crippen LogP contribution in [0.2, 0.25) is 0 Å². The Labute approximate surface area is 84.9 Å². The van der Waals surface area contributed by atoms with E-state index in [1.165, 1.54) is 18.7 Å². The number of hydrogen-bond donors (Lipinski definition) is 1. The number of nitrogens with zero attached hydrogens (tertiary/aromatic N) is 3. The van der Waals surface area contributed by atoms with E-state index in [2.05, 4.69) is 28.4 Å². The summed E-state index contributed by atoms with van der Waals surface area (Å²) in [5.41, 5.74) is 1.35. The average molecular weight is 194 g/mol. The van der Waals surface area contributed by atoms with Gasteiger partial charge in [0.25, 0.3) is 0 Å². The summed E-state index contributed by atoms with van der Waals surface area (Å²) in [6.45, 7) is 2.35. The molecule has 0 spiro atoms. The second kappa shape index (κ2) is 3.61. The number of hydrogen-bond acceptors (Lipinski definition) is 3. The molecule has 1 N–H and O–H groups in total. The average Bonchev–Trinajstić information content (AvgIpc) is 2.71. The van der Waals surface area contributed by atoms with E-state index in [9.17, 15) is 0 Å². The zero-order chi connectivity index (χ0) is 10.1. The highest BCUT2D eigenvalue weighted by Gasteiger charge is 2.24. The molecule has 0 aliphatic carbocycles. The first-order valence-electron chi connectivity index (χ1n) is 5.11. The molecule has 2 heterocycles. The summed E-state index contributed by atoms with van der Waals surface area (Å²) < 4.78 is 2.00. The van der Waals surface area contributed by atoms with Crippen molar-refractivity contribution < 1.29 is 0 Å². The van der Waals surface area contributed by atoms with Crippen molar-refractivity contribution in [3.05, 3.63) is 11.8 Å². The van der Waals surface area contributed by atoms with Gasteiger partial charge in [0.2, 0.25) is 0 Å². The van der Waals surface area contributed by atoms with Crippen LogP contribution in [0.15, 0.2) is 6.07 Å². The number of nitrogens with one attached hydrogen (secondary N) is 1. The molecule has 4 nitrogen and oxygen atoms in total. The lowest BCUT2D eigenvalue weighted by Crippen LogP contribution is -2.14. The second-order valence-electron chi connectivity index (χ2n) is 4.08. The third-order valence-electron chi connectivity index (χ3n) is 2.98. The molecular formula is C10H18N4. The molecule has 0 bridgehead atoms. The molecule has 0 amide bonds. The standard InChI is InChI=1S/C10H18N4/c1-11-10-6-9(14(3)12-10)8-4-5-13(2)7-8/h6,8H,4-5,7H2,1-3H3,(H,11,12). The van der Waals surface area contributed by atoms with E-state index in [-0.39, 0.29) is 0 Å². The number of anilines is 1. The van der Waals surface area contributed by atoms with Crippen LogP contribution in [0.3, 0.4) is 0 Å². The highest BCUT2D eigenvalue weighted by molar-refractivity contribution is 5.36. The molecule has 1 unspecified atom stereocenters. The van der Waals surface area contributed by atoms with Gasteiger partial charge >= 0.3 is 0 Å². The molecule has 1 atom stereocenters. The van der Waals surface area contributed by atoms with Crippen molar-refractivity contribution in [1.29, 1.82) is 0 Å². The van der Waals surface area contributed by atoms with E-state index in [0.717, 1.165) is 12.4 Å². The van der Waals surface area contributed by atoms with Crippen LogP contribution in [0, 0.1) is 0 Å². The summed E-state index contributed by atoms with van der Waals surface area (Å²) in [6.07, 6.45) is 1.25. The predicted octanol–water partition coefficient (Wildman–Crippen LogP) is 0.881. The Balaban J connectivity index is 2.19. The minimum atomic E-state index is 0.652. The highest BCUT2D eigenvalue weighted by atomic mass is 15.3. The van der Waals surface area contributed by atoms with E-state index in [0.29, 0.717) is 5.92 Å². The molecule has 14 heavy (non-hydrogen) atoms. The highest BCUT2D eigenvalue weighted by Crippen LogP contribution is 2.27. The third kappa shape index (κ3) is 1.62. The molecule has 0 radical (unpaired) electrons. The molecule has 1 fully saturated rings. The predicted molar refractivity (Wildman–Crippen MR) is 57.6 cm³/mol. The lowest BCUT2D eigenvalue weighted by Gasteiger charge is -2.09. The number of likely N-dealkylation sites (tertiary alicyclic amines) is 1. The maximum absolute atomic E-state index is 4.39. The Morgan fingerprint density at radius 2 is 2.29 bits per heavy atom. The minimum absolute atomic E-state index is 0.652. The summed E-state index contributed by atoms with van der Waals surface area (Å²) in [5.74, 6) is 1.62. The van der Waals surface area contributed by atoms with Gasteiger partial charge in [0.1, 0.15) is 5.82 Å². The molecular weight excluding hydrogens is 176 g/mol. The van der Waals surface area contributed by atoms with Crippen LogP contribution in [-0.2, 0) is 7.05 Å². The van der Waals surface area contributed by atoms with Gasteiger partial charge in [-0.3, -0.25) is 4.68 Å². The van der Waals surface area contributed by atoms with Crippen LogP contribution in [-0.4, -0.2) is 41.9 Å². The van der Waals surface area contributed by atoms with Crippen molar-refractivity contribution in [2.45, 2.75) is 12.3 Å². The van der Waals surface area contributed by atoms with Gasteiger partial charge in [0, 0.05) is 38.3 Å². The number of aromatic nitrogens is 2. The molecule has 1 aliphatic heterocycles. The van der Waals surface area contributed by atoms with E-state index < -0.39 is 0 Å². The van der Waals surface area contributed by atoms with Gasteiger partial charge in [-0.15, -0.1) is 0 Å². The van der Waals surface area contributed by atoms with Gasteiger partial charge in [0.05, 0.1) is 0 Å². The van der Waals surface area contributed by atoms with Crippen molar-refractivity contribution >= 4 is 5.82 Å². The van der Waals surface area contributed by atoms with Crippen molar-refractivity contribution in [2.75, 3.05) is 32.5 Å². The third-order valence-corrected chi connectivity index (χ3v) is 2.98. The zero-order valence-electron chi connectivity index (χ0n) is 9.12. The fraction of sp³-hybridized carbons (Fsp3) is 0.700. The first-order valence-corrected chi connectivity index (χ1v) is 5.11. The first-order chi connectivity index (χ1) is 6.70. The molecule has 1 saturated heterocycles. The number of aryl methyl sites for hydroxylation is 1. The largest absolute Gasteiger partial charge is 0.372 e. The normalized spacial score (nSPS) is 22.9. The van der Waals surface area contributed by atoms with E-state index >= 15 is 0 Å². The molecule has 1 aromatic rings. The molecule has 2 rings (SSSR count). The SMILES string of the molecule is CNc1cc(C2CCN(C)C2)n(C)n1. The lowest BCUT2D eigenvalue weighted by atomic mass is 10.1. The molecule has 0 saturated carbocycles. The Bertz CT molecular complexity index is 318. The number of rotatable bonds is 2. The van der Waals surface area contributed by atoms with E-state index in [4.69, 9.17) is 0 Å². The molecule has 0 aromatic carbocycles. The van der Waals surface area contributed by atoms with Crippen LogP contribution in [0.4, 0.5) is 5.82 Å². The van der Waals surface area contributed by atoms with Crippen molar-refractivity contribution in [2.24, 2.45) is 7.05 Å². The van der Waals surface area contributed by atoms with Crippen molar-refractivity contribution in [1.82, 2.24) is 14.7 Å². The van der Waals surface area contributed by atoms with Crippen LogP contribution >= 0.6 is 0 Å². The summed E-state index contributed by atoms with van der Waals surface area (Å²) in [7, 11) is 6.11. The summed E-state index contributed by atoms with van der Waals surface area (Å²) >= 11 is 0. The van der Waals surface area contributed by atoms with Crippen LogP contribution < -0.4 is 5.32 Å². The van der Waals surface area contributed by atoms with Crippen molar-refractivity contribution in [3.8, 4) is 0 Å². The topological polar surface area (TPSA) is 33.1 Å². The fourth-order valence-electron chi connectivity index (χ4n) is 2.16. The lowest BCUT2D eigenvalue weighted by molar-refractivity contribution is 0.409.